The molecule has 1 saturated heterocycles. The Hall–Kier alpha value is -1.75. The molecule has 0 aliphatic carbocycles. The molecule has 0 unspecified atom stereocenters. The maximum atomic E-state index is 12.7. The van der Waals surface area contributed by atoms with E-state index in [0.29, 0.717) is 29.4 Å². The van der Waals surface area contributed by atoms with Gasteiger partial charge in [0.2, 0.25) is 10.0 Å². The fourth-order valence-corrected chi connectivity index (χ4v) is 4.83. The molecule has 1 aliphatic heterocycles. The lowest BCUT2D eigenvalue weighted by Gasteiger charge is -2.29. The van der Waals surface area contributed by atoms with Crippen LogP contribution in [0, 0.1) is 5.92 Å². The lowest BCUT2D eigenvalue weighted by Crippen LogP contribution is -2.37. The number of sulfonamides is 1. The minimum absolute atomic E-state index is 0.0816. The molecule has 1 amide bonds. The Labute approximate surface area is 177 Å². The number of halogens is 1. The van der Waals surface area contributed by atoms with Gasteiger partial charge < -0.3 is 9.73 Å². The first kappa shape index (κ1) is 21.0. The molecule has 0 saturated carbocycles. The Balaban J connectivity index is 1.61. The number of carbonyl (C=O) groups is 1. The summed E-state index contributed by atoms with van der Waals surface area (Å²) in [6.45, 7) is 3.22. The van der Waals surface area contributed by atoms with Crippen molar-refractivity contribution in [2.24, 2.45) is 5.92 Å². The van der Waals surface area contributed by atoms with Gasteiger partial charge in [-0.05, 0) is 83.3 Å². The highest BCUT2D eigenvalue weighted by Gasteiger charge is 2.27. The van der Waals surface area contributed by atoms with E-state index >= 15 is 0 Å². The second-order valence-electron chi connectivity index (χ2n) is 6.62. The number of nitrogens with one attached hydrogen (secondary N) is 2. The van der Waals surface area contributed by atoms with Gasteiger partial charge in [0, 0.05) is 18.8 Å². The SMILES string of the molecule is CC1CCN(S(=O)(=O)c2ccc(NC(=S)NC(=O)c3ccc(Br)o3)cc2)CC1. The van der Waals surface area contributed by atoms with E-state index in [9.17, 15) is 13.2 Å². The Morgan fingerprint density at radius 2 is 1.82 bits per heavy atom. The first-order valence-corrected chi connectivity index (χ1v) is 11.4. The number of carbonyl (C=O) groups excluding carboxylic acids is 1. The zero-order chi connectivity index (χ0) is 20.3. The van der Waals surface area contributed by atoms with Crippen molar-refractivity contribution in [1.82, 2.24) is 9.62 Å². The molecule has 1 aromatic heterocycles. The third-order valence-corrected chi connectivity index (χ3v) is 7.06. The van der Waals surface area contributed by atoms with Gasteiger partial charge in [0.15, 0.2) is 15.5 Å². The molecule has 0 bridgehead atoms. The summed E-state index contributed by atoms with van der Waals surface area (Å²) >= 11 is 8.24. The fourth-order valence-electron chi connectivity index (χ4n) is 2.85. The van der Waals surface area contributed by atoms with Crippen molar-refractivity contribution in [3.05, 3.63) is 46.8 Å². The summed E-state index contributed by atoms with van der Waals surface area (Å²) in [5.74, 6) is 0.187. The number of thiocarbonyl (C=S) groups is 1. The van der Waals surface area contributed by atoms with Crippen molar-refractivity contribution in [2.75, 3.05) is 18.4 Å². The molecule has 2 N–H and O–H groups in total. The molecule has 2 aromatic rings. The Bertz CT molecular complexity index is 965. The number of anilines is 1. The predicted octanol–water partition coefficient (Wildman–Crippen LogP) is 3.59. The highest BCUT2D eigenvalue weighted by Crippen LogP contribution is 2.24. The van der Waals surface area contributed by atoms with Crippen LogP contribution >= 0.6 is 28.1 Å². The number of hydrogen-bond donors (Lipinski definition) is 2. The summed E-state index contributed by atoms with van der Waals surface area (Å²) in [6, 6.07) is 9.41. The average Bonchev–Trinajstić information content (AvgIpc) is 3.09. The van der Waals surface area contributed by atoms with Gasteiger partial charge in [0.1, 0.15) is 0 Å². The van der Waals surface area contributed by atoms with Crippen molar-refractivity contribution in [1.29, 1.82) is 0 Å². The molecule has 1 fully saturated rings. The zero-order valence-corrected chi connectivity index (χ0v) is 18.4. The topological polar surface area (TPSA) is 91.7 Å². The summed E-state index contributed by atoms with van der Waals surface area (Å²) < 4.78 is 32.6. The van der Waals surface area contributed by atoms with Crippen LogP contribution in [-0.2, 0) is 10.0 Å². The number of nitrogens with zero attached hydrogens (tertiary/aromatic N) is 1. The van der Waals surface area contributed by atoms with Crippen LogP contribution in [0.25, 0.3) is 0 Å². The van der Waals surface area contributed by atoms with E-state index in [1.54, 1.807) is 18.2 Å². The second-order valence-corrected chi connectivity index (χ2v) is 9.75. The zero-order valence-electron chi connectivity index (χ0n) is 15.1. The van der Waals surface area contributed by atoms with Crippen LogP contribution in [0.5, 0.6) is 0 Å². The Morgan fingerprint density at radius 1 is 1.18 bits per heavy atom. The van der Waals surface area contributed by atoms with E-state index in [1.165, 1.54) is 22.5 Å². The standard InChI is InChI=1S/C18H20BrN3O4S2/c1-12-8-10-22(11-9-12)28(24,25)14-4-2-13(3-5-14)20-18(27)21-17(23)15-6-7-16(19)26-15/h2-7,12H,8-11H2,1H3,(H2,20,21,23,27). The van der Waals surface area contributed by atoms with Crippen molar-refractivity contribution >= 4 is 54.9 Å². The molecule has 2 heterocycles. The summed E-state index contributed by atoms with van der Waals surface area (Å²) in [4.78, 5) is 12.2. The molecular weight excluding hydrogens is 466 g/mol. The minimum atomic E-state index is -3.50. The third-order valence-electron chi connectivity index (χ3n) is 4.52. The number of rotatable bonds is 4. The number of furan rings is 1. The van der Waals surface area contributed by atoms with Gasteiger partial charge in [-0.15, -0.1) is 0 Å². The quantitative estimate of drug-likeness (QED) is 0.642. The largest absolute Gasteiger partial charge is 0.444 e. The summed E-state index contributed by atoms with van der Waals surface area (Å²) in [6.07, 6.45) is 1.75. The number of amides is 1. The van der Waals surface area contributed by atoms with Crippen LogP contribution in [0.4, 0.5) is 5.69 Å². The first-order chi connectivity index (χ1) is 13.3. The van der Waals surface area contributed by atoms with Crippen LogP contribution < -0.4 is 10.6 Å². The number of benzene rings is 1. The van der Waals surface area contributed by atoms with Crippen LogP contribution in [-0.4, -0.2) is 36.8 Å². The molecule has 0 spiro atoms. The Kier molecular flexibility index (Phi) is 6.54. The molecule has 150 valence electrons. The lowest BCUT2D eigenvalue weighted by atomic mass is 10.0. The highest BCUT2D eigenvalue weighted by atomic mass is 79.9. The van der Waals surface area contributed by atoms with Gasteiger partial charge in [0.25, 0.3) is 5.91 Å². The van der Waals surface area contributed by atoms with Crippen LogP contribution in [0.1, 0.15) is 30.3 Å². The van der Waals surface area contributed by atoms with Crippen molar-refractivity contribution < 1.29 is 17.6 Å². The van der Waals surface area contributed by atoms with Crippen LogP contribution in [0.3, 0.4) is 0 Å². The van der Waals surface area contributed by atoms with Crippen LogP contribution in [0.15, 0.2) is 50.4 Å². The van der Waals surface area contributed by atoms with E-state index in [1.807, 2.05) is 0 Å². The molecule has 1 aliphatic rings. The molecule has 7 nitrogen and oxygen atoms in total. The van der Waals surface area contributed by atoms with Crippen molar-refractivity contribution in [3.8, 4) is 0 Å². The molecule has 10 heteroatoms. The maximum absolute atomic E-state index is 12.7. The molecule has 1 aromatic carbocycles. The maximum Gasteiger partial charge on any atom is 0.293 e. The number of hydrogen-bond acceptors (Lipinski definition) is 5. The summed E-state index contributed by atoms with van der Waals surface area (Å²) in [5, 5.41) is 5.43. The van der Waals surface area contributed by atoms with Crippen molar-refractivity contribution in [2.45, 2.75) is 24.7 Å². The van der Waals surface area contributed by atoms with Gasteiger partial charge in [0.05, 0.1) is 4.90 Å². The highest BCUT2D eigenvalue weighted by molar-refractivity contribution is 9.10. The van der Waals surface area contributed by atoms with Crippen LogP contribution in [0.2, 0.25) is 0 Å². The van der Waals surface area contributed by atoms with Gasteiger partial charge in [-0.2, -0.15) is 4.31 Å². The predicted molar refractivity (Wildman–Crippen MR) is 114 cm³/mol. The fraction of sp³-hybridized carbons (Fsp3) is 0.333. The van der Waals surface area contributed by atoms with Gasteiger partial charge >= 0.3 is 0 Å². The smallest absolute Gasteiger partial charge is 0.293 e. The van der Waals surface area contributed by atoms with Gasteiger partial charge in [-0.3, -0.25) is 10.1 Å². The average molecular weight is 486 g/mol. The normalized spacial score (nSPS) is 15.9. The molecule has 3 rings (SSSR count). The minimum Gasteiger partial charge on any atom is -0.444 e. The number of piperidine rings is 1. The summed E-state index contributed by atoms with van der Waals surface area (Å²) in [7, 11) is -3.50. The van der Waals surface area contributed by atoms with E-state index in [4.69, 9.17) is 16.6 Å². The Morgan fingerprint density at radius 3 is 2.39 bits per heavy atom. The van der Waals surface area contributed by atoms with E-state index in [2.05, 4.69) is 33.5 Å². The molecule has 28 heavy (non-hydrogen) atoms. The summed E-state index contributed by atoms with van der Waals surface area (Å²) in [5.41, 5.74) is 0.567. The van der Waals surface area contributed by atoms with E-state index in [-0.39, 0.29) is 15.8 Å². The van der Waals surface area contributed by atoms with Crippen molar-refractivity contribution in [3.63, 3.8) is 0 Å². The lowest BCUT2D eigenvalue weighted by molar-refractivity contribution is 0.0949. The third kappa shape index (κ3) is 4.99. The molecular formula is C18H20BrN3O4S2. The second kappa shape index (κ2) is 8.73. The monoisotopic (exact) mass is 485 g/mol. The van der Waals surface area contributed by atoms with E-state index < -0.39 is 15.9 Å². The van der Waals surface area contributed by atoms with E-state index in [0.717, 1.165) is 12.8 Å². The van der Waals surface area contributed by atoms with Gasteiger partial charge in [-0.1, -0.05) is 6.92 Å². The molecule has 0 atom stereocenters. The van der Waals surface area contributed by atoms with Gasteiger partial charge in [-0.25, -0.2) is 8.42 Å². The molecule has 0 radical (unpaired) electrons. The first-order valence-electron chi connectivity index (χ1n) is 8.73.